The molecule has 0 spiro atoms. The van der Waals surface area contributed by atoms with Crippen molar-refractivity contribution in [1.82, 2.24) is 4.90 Å². The lowest BCUT2D eigenvalue weighted by molar-refractivity contribution is -0.120. The Balaban J connectivity index is 1.65. The average Bonchev–Trinajstić information content (AvgIpc) is 3.20. The third kappa shape index (κ3) is 4.44. The van der Waals surface area contributed by atoms with Gasteiger partial charge in [-0.1, -0.05) is 30.3 Å². The van der Waals surface area contributed by atoms with Crippen LogP contribution in [0.2, 0.25) is 0 Å². The van der Waals surface area contributed by atoms with Crippen LogP contribution in [0.3, 0.4) is 0 Å². The summed E-state index contributed by atoms with van der Waals surface area (Å²) in [5.41, 5.74) is 2.71. The summed E-state index contributed by atoms with van der Waals surface area (Å²) >= 11 is 0. The second-order valence-electron chi connectivity index (χ2n) is 6.96. The first-order valence-corrected chi connectivity index (χ1v) is 9.47. The van der Waals surface area contributed by atoms with Crippen LogP contribution in [-0.2, 0) is 9.53 Å². The van der Waals surface area contributed by atoms with Crippen LogP contribution in [0.15, 0.2) is 48.5 Å². The number of nitrogens with zero attached hydrogens (tertiary/aromatic N) is 1. The minimum atomic E-state index is -0.499. The number of amides is 2. The SMILES string of the molecule is COC(=O)N1CCCC1C(=O)Nc1ccc(OC(C)c2ccccc2)cc1C. The first kappa shape index (κ1) is 19.7. The molecule has 6 heteroatoms. The molecule has 148 valence electrons. The molecule has 2 amide bonds. The van der Waals surface area contributed by atoms with Gasteiger partial charge in [-0.25, -0.2) is 4.79 Å². The van der Waals surface area contributed by atoms with Crippen LogP contribution in [0.1, 0.15) is 37.0 Å². The van der Waals surface area contributed by atoms with Crippen LogP contribution in [0.4, 0.5) is 10.5 Å². The molecule has 2 aromatic carbocycles. The van der Waals surface area contributed by atoms with Crippen LogP contribution in [-0.4, -0.2) is 36.6 Å². The van der Waals surface area contributed by atoms with E-state index in [-0.39, 0.29) is 12.0 Å². The normalized spacial score (nSPS) is 17.1. The molecule has 2 atom stereocenters. The van der Waals surface area contributed by atoms with Crippen LogP contribution in [0.25, 0.3) is 0 Å². The molecule has 0 saturated carbocycles. The molecule has 1 fully saturated rings. The Labute approximate surface area is 165 Å². The van der Waals surface area contributed by atoms with Gasteiger partial charge in [0.05, 0.1) is 7.11 Å². The molecular formula is C22H26N2O4. The lowest BCUT2D eigenvalue weighted by Crippen LogP contribution is -2.43. The van der Waals surface area contributed by atoms with E-state index in [1.54, 1.807) is 0 Å². The monoisotopic (exact) mass is 382 g/mol. The average molecular weight is 382 g/mol. The molecule has 1 aliphatic heterocycles. The highest BCUT2D eigenvalue weighted by molar-refractivity contribution is 5.97. The van der Waals surface area contributed by atoms with Crippen molar-refractivity contribution in [3.63, 3.8) is 0 Å². The van der Waals surface area contributed by atoms with Gasteiger partial charge >= 0.3 is 6.09 Å². The molecule has 1 heterocycles. The zero-order valence-corrected chi connectivity index (χ0v) is 16.5. The van der Waals surface area contributed by atoms with Gasteiger partial charge in [-0.05, 0) is 56.0 Å². The Morgan fingerprint density at radius 1 is 1.18 bits per heavy atom. The van der Waals surface area contributed by atoms with Crippen molar-refractivity contribution in [2.45, 2.75) is 38.8 Å². The number of anilines is 1. The fraction of sp³-hybridized carbons (Fsp3) is 0.364. The number of rotatable bonds is 5. The third-order valence-electron chi connectivity index (χ3n) is 5.00. The molecule has 28 heavy (non-hydrogen) atoms. The molecule has 6 nitrogen and oxygen atoms in total. The van der Waals surface area contributed by atoms with Gasteiger partial charge in [0.25, 0.3) is 0 Å². The molecular weight excluding hydrogens is 356 g/mol. The molecule has 1 N–H and O–H groups in total. The highest BCUT2D eigenvalue weighted by Crippen LogP contribution is 2.27. The van der Waals surface area contributed by atoms with Gasteiger partial charge in [-0.15, -0.1) is 0 Å². The summed E-state index contributed by atoms with van der Waals surface area (Å²) in [6, 6.07) is 15.1. The highest BCUT2D eigenvalue weighted by atomic mass is 16.5. The summed E-state index contributed by atoms with van der Waals surface area (Å²) < 4.78 is 10.8. The van der Waals surface area contributed by atoms with E-state index in [2.05, 4.69) is 5.32 Å². The van der Waals surface area contributed by atoms with Gasteiger partial charge in [-0.2, -0.15) is 0 Å². The van der Waals surface area contributed by atoms with Crippen molar-refractivity contribution in [2.24, 2.45) is 0 Å². The lowest BCUT2D eigenvalue weighted by atomic mass is 10.1. The van der Waals surface area contributed by atoms with Gasteiger partial charge in [-0.3, -0.25) is 9.69 Å². The van der Waals surface area contributed by atoms with Crippen molar-refractivity contribution >= 4 is 17.7 Å². The Morgan fingerprint density at radius 3 is 2.61 bits per heavy atom. The number of carbonyl (C=O) groups excluding carboxylic acids is 2. The third-order valence-corrected chi connectivity index (χ3v) is 5.00. The summed E-state index contributed by atoms with van der Waals surface area (Å²) in [5.74, 6) is 0.543. The Morgan fingerprint density at radius 2 is 1.93 bits per heavy atom. The van der Waals surface area contributed by atoms with E-state index in [9.17, 15) is 9.59 Å². The fourth-order valence-corrected chi connectivity index (χ4v) is 3.44. The number of likely N-dealkylation sites (tertiary alicyclic amines) is 1. The first-order valence-electron chi connectivity index (χ1n) is 9.47. The van der Waals surface area contributed by atoms with Crippen LogP contribution < -0.4 is 10.1 Å². The number of carbonyl (C=O) groups is 2. The van der Waals surface area contributed by atoms with Crippen molar-refractivity contribution in [3.05, 3.63) is 59.7 Å². The standard InChI is InChI=1S/C22H26N2O4/c1-15-14-18(28-16(2)17-8-5-4-6-9-17)11-12-19(15)23-21(25)20-10-7-13-24(20)22(26)27-3/h4-6,8-9,11-12,14,16,20H,7,10,13H2,1-3H3,(H,23,25). The Kier molecular flexibility index (Phi) is 6.19. The van der Waals surface area contributed by atoms with Gasteiger partial charge in [0, 0.05) is 12.2 Å². The van der Waals surface area contributed by atoms with E-state index in [0.717, 1.165) is 23.3 Å². The number of hydrogen-bond acceptors (Lipinski definition) is 4. The molecule has 2 aromatic rings. The van der Waals surface area contributed by atoms with Gasteiger partial charge in [0.15, 0.2) is 0 Å². The van der Waals surface area contributed by atoms with Crippen molar-refractivity contribution in [2.75, 3.05) is 19.0 Å². The maximum atomic E-state index is 12.7. The van der Waals surface area contributed by atoms with E-state index in [1.165, 1.54) is 12.0 Å². The molecule has 0 bridgehead atoms. The quantitative estimate of drug-likeness (QED) is 0.837. The Bertz CT molecular complexity index is 838. The number of nitrogens with one attached hydrogen (secondary N) is 1. The van der Waals surface area contributed by atoms with Crippen molar-refractivity contribution in [1.29, 1.82) is 0 Å². The molecule has 0 radical (unpaired) electrons. The summed E-state index contributed by atoms with van der Waals surface area (Å²) in [7, 11) is 1.33. The summed E-state index contributed by atoms with van der Waals surface area (Å²) in [6.45, 7) is 4.46. The minimum Gasteiger partial charge on any atom is -0.486 e. The number of aryl methyl sites for hydroxylation is 1. The molecule has 0 aliphatic carbocycles. The van der Waals surface area contributed by atoms with E-state index < -0.39 is 12.1 Å². The van der Waals surface area contributed by atoms with Gasteiger partial charge < -0.3 is 14.8 Å². The fourth-order valence-electron chi connectivity index (χ4n) is 3.44. The molecule has 1 saturated heterocycles. The Hall–Kier alpha value is -3.02. The minimum absolute atomic E-state index is 0.0758. The predicted octanol–water partition coefficient (Wildman–Crippen LogP) is 4.30. The summed E-state index contributed by atoms with van der Waals surface area (Å²) in [4.78, 5) is 25.9. The first-order chi connectivity index (χ1) is 13.5. The second kappa shape index (κ2) is 8.78. The molecule has 1 aliphatic rings. The number of benzene rings is 2. The summed E-state index contributed by atoms with van der Waals surface area (Å²) in [6.07, 6.45) is 0.882. The molecule has 2 unspecified atom stereocenters. The van der Waals surface area contributed by atoms with Crippen LogP contribution >= 0.6 is 0 Å². The van der Waals surface area contributed by atoms with E-state index in [0.29, 0.717) is 18.7 Å². The van der Waals surface area contributed by atoms with Gasteiger partial charge in [0.1, 0.15) is 17.9 Å². The second-order valence-corrected chi connectivity index (χ2v) is 6.96. The number of methoxy groups -OCH3 is 1. The van der Waals surface area contributed by atoms with E-state index in [4.69, 9.17) is 9.47 Å². The van der Waals surface area contributed by atoms with Crippen molar-refractivity contribution in [3.8, 4) is 5.75 Å². The maximum Gasteiger partial charge on any atom is 0.410 e. The highest BCUT2D eigenvalue weighted by Gasteiger charge is 2.34. The maximum absolute atomic E-state index is 12.7. The topological polar surface area (TPSA) is 67.9 Å². The smallest absolute Gasteiger partial charge is 0.410 e. The van der Waals surface area contributed by atoms with E-state index >= 15 is 0 Å². The predicted molar refractivity (Wildman–Crippen MR) is 107 cm³/mol. The molecule has 0 aromatic heterocycles. The zero-order chi connectivity index (χ0) is 20.1. The van der Waals surface area contributed by atoms with Crippen LogP contribution in [0.5, 0.6) is 5.75 Å². The van der Waals surface area contributed by atoms with Crippen LogP contribution in [0, 0.1) is 6.92 Å². The van der Waals surface area contributed by atoms with E-state index in [1.807, 2.05) is 62.4 Å². The lowest BCUT2D eigenvalue weighted by Gasteiger charge is -2.23. The zero-order valence-electron chi connectivity index (χ0n) is 16.5. The largest absolute Gasteiger partial charge is 0.486 e. The van der Waals surface area contributed by atoms with Gasteiger partial charge in [0.2, 0.25) is 5.91 Å². The number of ether oxygens (including phenoxy) is 2. The number of hydrogen-bond donors (Lipinski definition) is 1. The molecule has 3 rings (SSSR count). The summed E-state index contributed by atoms with van der Waals surface area (Å²) in [5, 5.41) is 2.93. The van der Waals surface area contributed by atoms with Crippen molar-refractivity contribution < 1.29 is 19.1 Å².